The summed E-state index contributed by atoms with van der Waals surface area (Å²) in [5, 5.41) is 0. The zero-order chi connectivity index (χ0) is 33.8. The first-order valence-electron chi connectivity index (χ1n) is 18.0. The van der Waals surface area contributed by atoms with Crippen LogP contribution in [0.3, 0.4) is 0 Å². The van der Waals surface area contributed by atoms with Gasteiger partial charge in [-0.15, -0.1) is 0 Å². The highest BCUT2D eigenvalue weighted by molar-refractivity contribution is 5.97. The Labute approximate surface area is 292 Å². The first-order valence-corrected chi connectivity index (χ1v) is 18.0. The van der Waals surface area contributed by atoms with Gasteiger partial charge in [-0.2, -0.15) is 0 Å². The Kier molecular flexibility index (Phi) is 6.36. The van der Waals surface area contributed by atoms with Gasteiger partial charge in [0, 0.05) is 27.6 Å². The second kappa shape index (κ2) is 10.3. The van der Waals surface area contributed by atoms with Crippen LogP contribution in [0, 0.1) is 0 Å². The van der Waals surface area contributed by atoms with Crippen LogP contribution >= 0.6 is 0 Å². The maximum absolute atomic E-state index is 2.56. The molecule has 0 aliphatic heterocycles. The van der Waals surface area contributed by atoms with Crippen LogP contribution in [0.5, 0.6) is 0 Å². The molecule has 0 N–H and O–H groups in total. The molecule has 6 aromatic rings. The predicted molar refractivity (Wildman–Crippen MR) is 207 cm³/mol. The summed E-state index contributed by atoms with van der Waals surface area (Å²) in [7, 11) is 0. The lowest BCUT2D eigenvalue weighted by Gasteiger charge is -2.32. The third kappa shape index (κ3) is 4.24. The molecular formula is C48H45N. The number of benzene rings is 6. The van der Waals surface area contributed by atoms with Gasteiger partial charge in [-0.1, -0.05) is 157 Å². The van der Waals surface area contributed by atoms with Crippen LogP contribution in [0.4, 0.5) is 17.1 Å². The lowest BCUT2D eigenvalue weighted by Crippen LogP contribution is -2.26. The van der Waals surface area contributed by atoms with Gasteiger partial charge in [0.25, 0.3) is 0 Å². The highest BCUT2D eigenvalue weighted by Crippen LogP contribution is 2.63. The molecule has 0 bridgehead atoms. The molecule has 3 aliphatic carbocycles. The minimum Gasteiger partial charge on any atom is -0.309 e. The topological polar surface area (TPSA) is 3.24 Å². The van der Waals surface area contributed by atoms with E-state index in [1.807, 2.05) is 0 Å². The average Bonchev–Trinajstić information content (AvgIpc) is 3.59. The van der Waals surface area contributed by atoms with Crippen molar-refractivity contribution in [1.29, 1.82) is 0 Å². The van der Waals surface area contributed by atoms with Crippen LogP contribution in [0.1, 0.15) is 87.8 Å². The first kappa shape index (κ1) is 30.2. The summed E-state index contributed by atoms with van der Waals surface area (Å²) in [6.07, 6.45) is 2.27. The summed E-state index contributed by atoms with van der Waals surface area (Å²) in [5.74, 6) is 0. The Morgan fingerprint density at radius 2 is 0.980 bits per heavy atom. The molecule has 1 spiro atoms. The monoisotopic (exact) mass is 635 g/mol. The number of anilines is 3. The van der Waals surface area contributed by atoms with E-state index >= 15 is 0 Å². The SMILES string of the molecule is CC1(C)CC2(CC(C)(C)c3cc(N(c4ccccc4-c4ccccc4)c4cccc5c4-c4ccccc4C5(C)C)ccc32)c2ccccc21. The maximum atomic E-state index is 2.56. The molecule has 1 heteroatoms. The van der Waals surface area contributed by atoms with Gasteiger partial charge in [-0.3, -0.25) is 0 Å². The fourth-order valence-electron chi connectivity index (χ4n) is 10.3. The number of hydrogen-bond donors (Lipinski definition) is 0. The summed E-state index contributed by atoms with van der Waals surface area (Å²) < 4.78 is 0. The van der Waals surface area contributed by atoms with Gasteiger partial charge in [0.05, 0.1) is 11.4 Å². The molecule has 0 amide bonds. The van der Waals surface area contributed by atoms with E-state index in [1.165, 1.54) is 72.7 Å². The van der Waals surface area contributed by atoms with E-state index in [1.54, 1.807) is 0 Å². The Bertz CT molecular complexity index is 2270. The summed E-state index contributed by atoms with van der Waals surface area (Å²) in [6, 6.07) is 52.5. The molecule has 242 valence electrons. The third-order valence-electron chi connectivity index (χ3n) is 12.2. The zero-order valence-corrected chi connectivity index (χ0v) is 29.6. The van der Waals surface area contributed by atoms with Gasteiger partial charge < -0.3 is 4.90 Å². The van der Waals surface area contributed by atoms with Crippen molar-refractivity contribution >= 4 is 17.1 Å². The number of rotatable bonds is 4. The van der Waals surface area contributed by atoms with Gasteiger partial charge in [0.2, 0.25) is 0 Å². The molecule has 1 nitrogen and oxygen atoms in total. The van der Waals surface area contributed by atoms with E-state index in [0.29, 0.717) is 0 Å². The van der Waals surface area contributed by atoms with Gasteiger partial charge >= 0.3 is 0 Å². The van der Waals surface area contributed by atoms with E-state index in [2.05, 4.69) is 186 Å². The van der Waals surface area contributed by atoms with E-state index in [0.717, 1.165) is 12.8 Å². The molecule has 49 heavy (non-hydrogen) atoms. The Morgan fingerprint density at radius 3 is 1.73 bits per heavy atom. The van der Waals surface area contributed by atoms with Crippen LogP contribution in [0.2, 0.25) is 0 Å². The zero-order valence-electron chi connectivity index (χ0n) is 29.6. The molecule has 0 fully saturated rings. The van der Waals surface area contributed by atoms with E-state index in [9.17, 15) is 0 Å². The molecule has 0 saturated heterocycles. The van der Waals surface area contributed by atoms with Crippen molar-refractivity contribution in [1.82, 2.24) is 0 Å². The van der Waals surface area contributed by atoms with Crippen molar-refractivity contribution < 1.29 is 0 Å². The summed E-state index contributed by atoms with van der Waals surface area (Å²) in [6.45, 7) is 14.6. The second-order valence-corrected chi connectivity index (χ2v) is 16.6. The van der Waals surface area contributed by atoms with Crippen LogP contribution in [0.15, 0.2) is 140 Å². The van der Waals surface area contributed by atoms with E-state index in [-0.39, 0.29) is 21.7 Å². The van der Waals surface area contributed by atoms with Crippen molar-refractivity contribution in [3.05, 3.63) is 173 Å². The molecule has 0 radical (unpaired) electrons. The molecule has 3 aliphatic rings. The van der Waals surface area contributed by atoms with Crippen molar-refractivity contribution in [3.63, 3.8) is 0 Å². The van der Waals surface area contributed by atoms with Gasteiger partial charge in [-0.25, -0.2) is 0 Å². The fourth-order valence-corrected chi connectivity index (χ4v) is 10.3. The van der Waals surface area contributed by atoms with Crippen molar-refractivity contribution in [2.24, 2.45) is 0 Å². The van der Waals surface area contributed by atoms with Gasteiger partial charge in [0.1, 0.15) is 0 Å². The Morgan fingerprint density at radius 1 is 0.429 bits per heavy atom. The lowest BCUT2D eigenvalue weighted by atomic mass is 9.72. The molecule has 9 rings (SSSR count). The molecule has 1 unspecified atom stereocenters. The van der Waals surface area contributed by atoms with Gasteiger partial charge in [-0.05, 0) is 92.4 Å². The third-order valence-corrected chi connectivity index (χ3v) is 12.2. The number of hydrogen-bond acceptors (Lipinski definition) is 1. The maximum Gasteiger partial charge on any atom is 0.0543 e. The molecule has 0 aromatic heterocycles. The summed E-state index contributed by atoms with van der Waals surface area (Å²) >= 11 is 0. The van der Waals surface area contributed by atoms with Crippen LogP contribution in [-0.4, -0.2) is 0 Å². The molecule has 1 atom stereocenters. The Hall–Kier alpha value is -4.88. The number of nitrogens with zero attached hydrogens (tertiary/aromatic N) is 1. The summed E-state index contributed by atoms with van der Waals surface area (Å²) in [4.78, 5) is 2.56. The van der Waals surface area contributed by atoms with Gasteiger partial charge in [0.15, 0.2) is 0 Å². The normalized spacial score (nSPS) is 20.0. The summed E-state index contributed by atoms with van der Waals surface area (Å²) in [5.41, 5.74) is 17.7. The van der Waals surface area contributed by atoms with Crippen LogP contribution < -0.4 is 4.90 Å². The van der Waals surface area contributed by atoms with Crippen LogP contribution in [-0.2, 0) is 21.7 Å². The average molecular weight is 636 g/mol. The minimum absolute atomic E-state index is 0.0245. The molecule has 6 aromatic carbocycles. The molecule has 0 saturated carbocycles. The highest BCUT2D eigenvalue weighted by atomic mass is 15.1. The van der Waals surface area contributed by atoms with E-state index in [4.69, 9.17) is 0 Å². The lowest BCUT2D eigenvalue weighted by molar-refractivity contribution is 0.349. The highest BCUT2D eigenvalue weighted by Gasteiger charge is 2.56. The quantitative estimate of drug-likeness (QED) is 0.186. The van der Waals surface area contributed by atoms with Crippen LogP contribution in [0.25, 0.3) is 22.3 Å². The second-order valence-electron chi connectivity index (χ2n) is 16.6. The minimum atomic E-state index is -0.0818. The molecule has 0 heterocycles. The molecular weight excluding hydrogens is 591 g/mol. The Balaban J connectivity index is 1.31. The number of para-hydroxylation sites is 1. The van der Waals surface area contributed by atoms with Crippen molar-refractivity contribution in [2.45, 2.75) is 76.0 Å². The first-order chi connectivity index (χ1) is 23.5. The van der Waals surface area contributed by atoms with E-state index < -0.39 is 0 Å². The van der Waals surface area contributed by atoms with Crippen molar-refractivity contribution in [2.75, 3.05) is 4.90 Å². The largest absolute Gasteiger partial charge is 0.309 e. The number of fused-ring (bicyclic) bond motifs is 7. The van der Waals surface area contributed by atoms with Crippen molar-refractivity contribution in [3.8, 4) is 22.3 Å². The smallest absolute Gasteiger partial charge is 0.0543 e. The predicted octanol–water partition coefficient (Wildman–Crippen LogP) is 12.8. The fraction of sp³-hybridized carbons (Fsp3) is 0.250. The standard InChI is InChI=1S/C48H45N/c1-45(2)30-48(38-23-14-13-22-37(38)45)31-46(3,4)41-29-33(27-28-39(41)48)49(42-25-15-11-19-34(42)32-17-8-7-9-18-32)43-26-16-24-40-44(43)35-20-10-12-21-36(35)47(40,5)6/h7-29H,30-31H2,1-6H3.